The van der Waals surface area contributed by atoms with Gasteiger partial charge in [0.2, 0.25) is 0 Å². The van der Waals surface area contributed by atoms with E-state index in [0.717, 1.165) is 11.8 Å². The van der Waals surface area contributed by atoms with Crippen LogP contribution in [0.15, 0.2) is 0 Å². The molecule has 0 aliphatic heterocycles. The first-order valence-electron chi connectivity index (χ1n) is 7.18. The molecule has 0 aliphatic rings. The number of nitrogens with two attached hydrogens (primary N) is 1. The Morgan fingerprint density at radius 1 is 0.875 bits per heavy atom. The summed E-state index contributed by atoms with van der Waals surface area (Å²) >= 11 is 0. The summed E-state index contributed by atoms with van der Waals surface area (Å²) in [6.07, 6.45) is 8.90. The zero-order chi connectivity index (χ0) is 12.6. The smallest absolute Gasteiger partial charge is 0.0159 e. The molecule has 0 bridgehead atoms. The molecule has 0 spiro atoms. The van der Waals surface area contributed by atoms with E-state index in [2.05, 4.69) is 34.6 Å². The summed E-state index contributed by atoms with van der Waals surface area (Å²) in [4.78, 5) is 0. The Morgan fingerprint density at radius 2 is 1.38 bits per heavy atom. The first-order chi connectivity index (χ1) is 7.39. The van der Waals surface area contributed by atoms with E-state index in [1.54, 1.807) is 0 Å². The molecular weight excluding hydrogens is 194 g/mol. The van der Waals surface area contributed by atoms with Gasteiger partial charge in [0.05, 0.1) is 0 Å². The lowest BCUT2D eigenvalue weighted by molar-refractivity contribution is 0.259. The highest BCUT2D eigenvalue weighted by Gasteiger charge is 2.26. The highest BCUT2D eigenvalue weighted by molar-refractivity contribution is 4.86. The van der Waals surface area contributed by atoms with Gasteiger partial charge in [0, 0.05) is 5.54 Å². The third-order valence-corrected chi connectivity index (χ3v) is 3.16. The Balaban J connectivity index is 4.08. The molecule has 0 unspecified atom stereocenters. The van der Waals surface area contributed by atoms with E-state index >= 15 is 0 Å². The topological polar surface area (TPSA) is 26.0 Å². The Labute approximate surface area is 103 Å². The summed E-state index contributed by atoms with van der Waals surface area (Å²) in [7, 11) is 0. The third kappa shape index (κ3) is 8.15. The average molecular weight is 227 g/mol. The van der Waals surface area contributed by atoms with Crippen LogP contribution in [0.25, 0.3) is 0 Å². The molecule has 0 atom stereocenters. The predicted octanol–water partition coefficient (Wildman–Crippen LogP) is 4.75. The van der Waals surface area contributed by atoms with E-state index in [1.165, 1.54) is 44.9 Å². The molecule has 16 heavy (non-hydrogen) atoms. The first kappa shape index (κ1) is 16.0. The third-order valence-electron chi connectivity index (χ3n) is 3.16. The van der Waals surface area contributed by atoms with E-state index in [4.69, 9.17) is 5.73 Å². The van der Waals surface area contributed by atoms with Crippen LogP contribution < -0.4 is 5.73 Å². The average Bonchev–Trinajstić information content (AvgIpc) is 2.09. The fourth-order valence-corrected chi connectivity index (χ4v) is 2.82. The standard InChI is InChI=1S/C15H33N/c1-6-7-8-9-10-15(16,11-13(2)3)12-14(4)5/h13-14H,6-12,16H2,1-5H3. The van der Waals surface area contributed by atoms with Crippen molar-refractivity contribution in [1.29, 1.82) is 0 Å². The van der Waals surface area contributed by atoms with Gasteiger partial charge >= 0.3 is 0 Å². The summed E-state index contributed by atoms with van der Waals surface area (Å²) in [6.45, 7) is 11.4. The van der Waals surface area contributed by atoms with E-state index in [0.29, 0.717) is 0 Å². The summed E-state index contributed by atoms with van der Waals surface area (Å²) < 4.78 is 0. The predicted molar refractivity (Wildman–Crippen MR) is 74.6 cm³/mol. The highest BCUT2D eigenvalue weighted by Crippen LogP contribution is 2.27. The van der Waals surface area contributed by atoms with Crippen LogP contribution in [0.5, 0.6) is 0 Å². The van der Waals surface area contributed by atoms with E-state index in [9.17, 15) is 0 Å². The normalized spacial score (nSPS) is 12.8. The Morgan fingerprint density at radius 3 is 1.75 bits per heavy atom. The minimum absolute atomic E-state index is 0.0933. The summed E-state index contributed by atoms with van der Waals surface area (Å²) in [5.74, 6) is 1.44. The number of hydrogen-bond acceptors (Lipinski definition) is 1. The van der Waals surface area contributed by atoms with Crippen LogP contribution in [-0.2, 0) is 0 Å². The van der Waals surface area contributed by atoms with Gasteiger partial charge in [-0.25, -0.2) is 0 Å². The first-order valence-corrected chi connectivity index (χ1v) is 7.18. The molecule has 0 fully saturated rings. The lowest BCUT2D eigenvalue weighted by Gasteiger charge is -2.33. The van der Waals surface area contributed by atoms with Crippen molar-refractivity contribution in [3.05, 3.63) is 0 Å². The van der Waals surface area contributed by atoms with Crippen molar-refractivity contribution in [1.82, 2.24) is 0 Å². The van der Waals surface area contributed by atoms with E-state index < -0.39 is 0 Å². The van der Waals surface area contributed by atoms with Crippen molar-refractivity contribution in [2.75, 3.05) is 0 Å². The highest BCUT2D eigenvalue weighted by atomic mass is 14.7. The van der Waals surface area contributed by atoms with Crippen molar-refractivity contribution in [3.8, 4) is 0 Å². The van der Waals surface area contributed by atoms with Crippen LogP contribution in [0, 0.1) is 11.8 Å². The van der Waals surface area contributed by atoms with Gasteiger partial charge < -0.3 is 5.73 Å². The summed E-state index contributed by atoms with van der Waals surface area (Å²) in [5, 5.41) is 0. The second-order valence-corrected chi connectivity index (χ2v) is 6.37. The van der Waals surface area contributed by atoms with Crippen molar-refractivity contribution in [2.45, 2.75) is 85.1 Å². The molecule has 0 aromatic carbocycles. The maximum Gasteiger partial charge on any atom is 0.0159 e. The van der Waals surface area contributed by atoms with Crippen molar-refractivity contribution in [3.63, 3.8) is 0 Å². The number of hydrogen-bond donors (Lipinski definition) is 1. The lowest BCUT2D eigenvalue weighted by atomic mass is 9.79. The SMILES string of the molecule is CCCCCCC(N)(CC(C)C)CC(C)C. The van der Waals surface area contributed by atoms with Gasteiger partial charge in [0.1, 0.15) is 0 Å². The molecule has 0 rings (SSSR count). The fourth-order valence-electron chi connectivity index (χ4n) is 2.82. The van der Waals surface area contributed by atoms with E-state index in [-0.39, 0.29) is 5.54 Å². The molecule has 98 valence electrons. The summed E-state index contributed by atoms with van der Waals surface area (Å²) in [6, 6.07) is 0. The Hall–Kier alpha value is -0.0400. The monoisotopic (exact) mass is 227 g/mol. The largest absolute Gasteiger partial charge is 0.325 e. The van der Waals surface area contributed by atoms with Crippen LogP contribution in [0.2, 0.25) is 0 Å². The second-order valence-electron chi connectivity index (χ2n) is 6.37. The van der Waals surface area contributed by atoms with Crippen molar-refractivity contribution >= 4 is 0 Å². The van der Waals surface area contributed by atoms with Gasteiger partial charge in [-0.05, 0) is 31.1 Å². The number of rotatable bonds is 9. The molecule has 0 aromatic rings. The van der Waals surface area contributed by atoms with Gasteiger partial charge in [-0.15, -0.1) is 0 Å². The molecule has 0 saturated carbocycles. The van der Waals surface area contributed by atoms with Crippen molar-refractivity contribution < 1.29 is 0 Å². The van der Waals surface area contributed by atoms with Gasteiger partial charge in [0.25, 0.3) is 0 Å². The van der Waals surface area contributed by atoms with Gasteiger partial charge in [0.15, 0.2) is 0 Å². The van der Waals surface area contributed by atoms with E-state index in [1.807, 2.05) is 0 Å². The molecule has 1 heteroatoms. The van der Waals surface area contributed by atoms with Crippen LogP contribution in [0.1, 0.15) is 79.6 Å². The molecule has 0 saturated heterocycles. The minimum atomic E-state index is 0.0933. The van der Waals surface area contributed by atoms with Crippen LogP contribution >= 0.6 is 0 Å². The molecule has 0 aliphatic carbocycles. The molecule has 0 heterocycles. The fraction of sp³-hybridized carbons (Fsp3) is 1.00. The molecule has 0 aromatic heterocycles. The second kappa shape index (κ2) is 8.11. The zero-order valence-corrected chi connectivity index (χ0v) is 12.2. The molecule has 1 nitrogen and oxygen atoms in total. The lowest BCUT2D eigenvalue weighted by Crippen LogP contribution is -2.42. The Bertz CT molecular complexity index is 151. The Kier molecular flexibility index (Phi) is 8.09. The van der Waals surface area contributed by atoms with Crippen LogP contribution in [-0.4, -0.2) is 5.54 Å². The maximum absolute atomic E-state index is 6.58. The quantitative estimate of drug-likeness (QED) is 0.565. The van der Waals surface area contributed by atoms with Gasteiger partial charge in [-0.3, -0.25) is 0 Å². The zero-order valence-electron chi connectivity index (χ0n) is 12.2. The molecule has 2 N–H and O–H groups in total. The van der Waals surface area contributed by atoms with Crippen LogP contribution in [0.4, 0.5) is 0 Å². The number of unbranched alkanes of at least 4 members (excludes halogenated alkanes) is 3. The summed E-state index contributed by atoms with van der Waals surface area (Å²) in [5.41, 5.74) is 6.68. The molecule has 0 radical (unpaired) electrons. The molecular formula is C15H33N. The van der Waals surface area contributed by atoms with Crippen LogP contribution in [0.3, 0.4) is 0 Å². The van der Waals surface area contributed by atoms with Gasteiger partial charge in [-0.2, -0.15) is 0 Å². The van der Waals surface area contributed by atoms with Gasteiger partial charge in [-0.1, -0.05) is 60.3 Å². The van der Waals surface area contributed by atoms with Crippen molar-refractivity contribution in [2.24, 2.45) is 17.6 Å². The minimum Gasteiger partial charge on any atom is -0.325 e. The molecule has 0 amide bonds. The maximum atomic E-state index is 6.58.